The number of carbonyl (C=O) groups is 1. The van der Waals surface area contributed by atoms with Gasteiger partial charge in [-0.3, -0.25) is 4.79 Å². The third-order valence-corrected chi connectivity index (χ3v) is 2.45. The van der Waals surface area contributed by atoms with Crippen molar-refractivity contribution in [1.29, 1.82) is 0 Å². The predicted octanol–water partition coefficient (Wildman–Crippen LogP) is 2.92. The minimum Gasteiger partial charge on any atom is -0.319 e. The number of hydrogen-bond acceptors (Lipinski definition) is 2. The number of aryl methyl sites for hydroxylation is 1. The van der Waals surface area contributed by atoms with Crippen molar-refractivity contribution in [2.75, 3.05) is 5.32 Å². The van der Waals surface area contributed by atoms with Gasteiger partial charge in [-0.1, -0.05) is 12.1 Å². The van der Waals surface area contributed by atoms with Crippen LogP contribution in [0.25, 0.3) is 0 Å². The first-order valence-corrected chi connectivity index (χ1v) is 5.26. The average molecular weight is 248 g/mol. The molecule has 2 aromatic rings. The van der Waals surface area contributed by atoms with Gasteiger partial charge in [-0.2, -0.15) is 4.39 Å². The summed E-state index contributed by atoms with van der Waals surface area (Å²) in [6.07, 6.45) is 1.10. The highest BCUT2D eigenvalue weighted by atomic mass is 19.1. The third-order valence-electron chi connectivity index (χ3n) is 2.45. The lowest BCUT2D eigenvalue weighted by atomic mass is 10.2. The summed E-state index contributed by atoms with van der Waals surface area (Å²) in [4.78, 5) is 15.2. The number of anilines is 1. The van der Waals surface area contributed by atoms with Crippen molar-refractivity contribution in [3.05, 3.63) is 59.4 Å². The van der Waals surface area contributed by atoms with Crippen molar-refractivity contribution in [2.45, 2.75) is 6.92 Å². The Bertz CT molecular complexity index is 562. The Balaban J connectivity index is 2.24. The van der Waals surface area contributed by atoms with E-state index in [-0.39, 0.29) is 11.3 Å². The van der Waals surface area contributed by atoms with Crippen molar-refractivity contribution in [3.63, 3.8) is 0 Å². The minimum absolute atomic E-state index is 0.117. The number of nitrogens with one attached hydrogen (secondary N) is 1. The number of halogens is 2. The molecule has 0 spiro atoms. The van der Waals surface area contributed by atoms with E-state index in [9.17, 15) is 13.6 Å². The fraction of sp³-hybridized carbons (Fsp3) is 0.0769. The number of aromatic nitrogens is 1. The standard InChI is InChI=1S/C13H10F2N2O/c1-8-3-2-4-10(14)12(8)17-13(18)9-5-6-11(15)16-7-9/h2-7H,1H3,(H,17,18). The van der Waals surface area contributed by atoms with Crippen LogP contribution in [0.4, 0.5) is 14.5 Å². The van der Waals surface area contributed by atoms with Gasteiger partial charge in [0.25, 0.3) is 5.91 Å². The lowest BCUT2D eigenvalue weighted by Crippen LogP contribution is -2.14. The fourth-order valence-corrected chi connectivity index (χ4v) is 1.49. The smallest absolute Gasteiger partial charge is 0.257 e. The van der Waals surface area contributed by atoms with Gasteiger partial charge in [0.1, 0.15) is 5.82 Å². The molecule has 1 aromatic heterocycles. The zero-order valence-electron chi connectivity index (χ0n) is 9.58. The highest BCUT2D eigenvalue weighted by Crippen LogP contribution is 2.19. The number of amides is 1. The van der Waals surface area contributed by atoms with Crippen molar-refractivity contribution in [2.24, 2.45) is 0 Å². The molecule has 0 unspecified atom stereocenters. The summed E-state index contributed by atoms with van der Waals surface area (Å²) >= 11 is 0. The fourth-order valence-electron chi connectivity index (χ4n) is 1.49. The molecule has 5 heteroatoms. The van der Waals surface area contributed by atoms with E-state index in [4.69, 9.17) is 0 Å². The number of rotatable bonds is 2. The van der Waals surface area contributed by atoms with E-state index in [0.717, 1.165) is 12.3 Å². The van der Waals surface area contributed by atoms with E-state index >= 15 is 0 Å². The number of nitrogens with zero attached hydrogens (tertiary/aromatic N) is 1. The summed E-state index contributed by atoms with van der Waals surface area (Å²) in [7, 11) is 0. The highest BCUT2D eigenvalue weighted by Gasteiger charge is 2.11. The van der Waals surface area contributed by atoms with Crippen LogP contribution in [-0.4, -0.2) is 10.9 Å². The molecule has 0 radical (unpaired) electrons. The molecule has 1 aromatic carbocycles. The number of benzene rings is 1. The zero-order valence-corrected chi connectivity index (χ0v) is 9.58. The average Bonchev–Trinajstić information content (AvgIpc) is 2.34. The van der Waals surface area contributed by atoms with E-state index in [2.05, 4.69) is 10.3 Å². The molecule has 1 N–H and O–H groups in total. The highest BCUT2D eigenvalue weighted by molar-refractivity contribution is 6.04. The Morgan fingerprint density at radius 3 is 2.61 bits per heavy atom. The molecular weight excluding hydrogens is 238 g/mol. The minimum atomic E-state index is -0.673. The molecule has 0 fully saturated rings. The SMILES string of the molecule is Cc1cccc(F)c1NC(=O)c1ccc(F)nc1. The molecule has 0 bridgehead atoms. The van der Waals surface area contributed by atoms with Gasteiger partial charge in [0.2, 0.25) is 5.95 Å². The zero-order chi connectivity index (χ0) is 13.1. The molecule has 3 nitrogen and oxygen atoms in total. The Hall–Kier alpha value is -2.30. The predicted molar refractivity (Wildman–Crippen MR) is 63.3 cm³/mol. The summed E-state index contributed by atoms with van der Waals surface area (Å²) in [5, 5.41) is 2.44. The number of carbonyl (C=O) groups excluding carboxylic acids is 1. The molecule has 0 saturated heterocycles. The van der Waals surface area contributed by atoms with Crippen molar-refractivity contribution < 1.29 is 13.6 Å². The molecule has 0 aliphatic heterocycles. The molecular formula is C13H10F2N2O. The summed E-state index contributed by atoms with van der Waals surface area (Å²) in [6, 6.07) is 6.85. The monoisotopic (exact) mass is 248 g/mol. The molecule has 2 rings (SSSR count). The summed E-state index contributed by atoms with van der Waals surface area (Å²) in [5.74, 6) is -1.72. The van der Waals surface area contributed by atoms with E-state index < -0.39 is 17.7 Å². The topological polar surface area (TPSA) is 42.0 Å². The second-order valence-corrected chi connectivity index (χ2v) is 3.76. The van der Waals surface area contributed by atoms with Gasteiger partial charge in [-0.15, -0.1) is 0 Å². The van der Waals surface area contributed by atoms with E-state index in [1.54, 1.807) is 19.1 Å². The van der Waals surface area contributed by atoms with E-state index in [0.29, 0.717) is 5.56 Å². The largest absolute Gasteiger partial charge is 0.319 e. The second-order valence-electron chi connectivity index (χ2n) is 3.76. The molecule has 0 saturated carbocycles. The summed E-state index contributed by atoms with van der Waals surface area (Å²) in [5.41, 5.74) is 0.893. The molecule has 18 heavy (non-hydrogen) atoms. The van der Waals surface area contributed by atoms with Crippen LogP contribution in [-0.2, 0) is 0 Å². The van der Waals surface area contributed by atoms with Crippen LogP contribution in [0.5, 0.6) is 0 Å². The van der Waals surface area contributed by atoms with Gasteiger partial charge in [0.05, 0.1) is 11.3 Å². The van der Waals surface area contributed by atoms with Gasteiger partial charge in [-0.25, -0.2) is 9.37 Å². The van der Waals surface area contributed by atoms with Gasteiger partial charge in [0.15, 0.2) is 0 Å². The van der Waals surface area contributed by atoms with Crippen molar-refractivity contribution >= 4 is 11.6 Å². The first-order chi connectivity index (χ1) is 8.58. The number of pyridine rings is 1. The van der Waals surface area contributed by atoms with Gasteiger partial charge in [0, 0.05) is 6.20 Å². The molecule has 0 atom stereocenters. The molecule has 92 valence electrons. The Morgan fingerprint density at radius 2 is 2.00 bits per heavy atom. The normalized spacial score (nSPS) is 10.2. The van der Waals surface area contributed by atoms with Crippen LogP contribution in [0.2, 0.25) is 0 Å². The maximum absolute atomic E-state index is 13.5. The van der Waals surface area contributed by atoms with Crippen LogP contribution < -0.4 is 5.32 Å². The Morgan fingerprint density at radius 1 is 1.22 bits per heavy atom. The number of hydrogen-bond donors (Lipinski definition) is 1. The molecule has 1 amide bonds. The van der Waals surface area contributed by atoms with Gasteiger partial charge in [-0.05, 0) is 30.7 Å². The number of para-hydroxylation sites is 1. The van der Waals surface area contributed by atoms with E-state index in [1.165, 1.54) is 12.1 Å². The molecule has 0 aliphatic rings. The maximum Gasteiger partial charge on any atom is 0.257 e. The third kappa shape index (κ3) is 2.51. The van der Waals surface area contributed by atoms with Crippen LogP contribution in [0.15, 0.2) is 36.5 Å². The van der Waals surface area contributed by atoms with Crippen molar-refractivity contribution in [1.82, 2.24) is 4.98 Å². The van der Waals surface area contributed by atoms with Gasteiger partial charge < -0.3 is 5.32 Å². The van der Waals surface area contributed by atoms with Crippen molar-refractivity contribution in [3.8, 4) is 0 Å². The quantitative estimate of drug-likeness (QED) is 0.830. The lowest BCUT2D eigenvalue weighted by Gasteiger charge is -2.09. The molecule has 1 heterocycles. The first-order valence-electron chi connectivity index (χ1n) is 5.26. The van der Waals surface area contributed by atoms with E-state index in [1.807, 2.05) is 0 Å². The van der Waals surface area contributed by atoms with Crippen LogP contribution in [0.3, 0.4) is 0 Å². The summed E-state index contributed by atoms with van der Waals surface area (Å²) in [6.45, 7) is 1.68. The van der Waals surface area contributed by atoms with Crippen LogP contribution in [0, 0.1) is 18.7 Å². The van der Waals surface area contributed by atoms with Gasteiger partial charge >= 0.3 is 0 Å². The Labute approximate surface area is 102 Å². The summed E-state index contributed by atoms with van der Waals surface area (Å²) < 4.78 is 26.1. The maximum atomic E-state index is 13.5. The second kappa shape index (κ2) is 4.91. The van der Waals surface area contributed by atoms with Crippen LogP contribution in [0.1, 0.15) is 15.9 Å². The first kappa shape index (κ1) is 12.2. The van der Waals surface area contributed by atoms with Crippen LogP contribution >= 0.6 is 0 Å². The lowest BCUT2D eigenvalue weighted by molar-refractivity contribution is 0.102. The Kier molecular flexibility index (Phi) is 3.32. The molecule has 0 aliphatic carbocycles.